The van der Waals surface area contributed by atoms with Crippen molar-refractivity contribution in [3.05, 3.63) is 82.4 Å². The quantitative estimate of drug-likeness (QED) is 0.500. The summed E-state index contributed by atoms with van der Waals surface area (Å²) in [5.74, 6) is -1.01. The lowest BCUT2D eigenvalue weighted by atomic mass is 9.92. The molecule has 0 aliphatic carbocycles. The Kier molecular flexibility index (Phi) is 6.16. The molecule has 2 aliphatic heterocycles. The fourth-order valence-electron chi connectivity index (χ4n) is 3.98. The summed E-state index contributed by atoms with van der Waals surface area (Å²) in [6.45, 7) is 1.98. The van der Waals surface area contributed by atoms with Gasteiger partial charge in [0, 0.05) is 5.57 Å². The van der Waals surface area contributed by atoms with Gasteiger partial charge in [0.25, 0.3) is 11.8 Å². The molecule has 7 nitrogen and oxygen atoms in total. The molecule has 0 spiro atoms. The molecule has 8 heteroatoms. The Morgan fingerprint density at radius 3 is 2.39 bits per heavy atom. The van der Waals surface area contributed by atoms with E-state index in [4.69, 9.17) is 4.74 Å². The number of hydrogen-bond acceptors (Lipinski definition) is 6. The highest BCUT2D eigenvalue weighted by molar-refractivity contribution is 7.91. The van der Waals surface area contributed by atoms with E-state index in [1.807, 2.05) is 36.4 Å². The van der Waals surface area contributed by atoms with E-state index in [0.717, 1.165) is 10.5 Å². The topological polar surface area (TPSA) is 105 Å². The predicted octanol–water partition coefficient (Wildman–Crippen LogP) is 3.04. The Morgan fingerprint density at radius 2 is 1.79 bits per heavy atom. The van der Waals surface area contributed by atoms with E-state index in [1.165, 1.54) is 0 Å². The number of ether oxygens (including phenoxy) is 1. The second-order valence-corrected chi connectivity index (χ2v) is 10.3. The average Bonchev–Trinajstić information content (AvgIpc) is 3.16. The van der Waals surface area contributed by atoms with Gasteiger partial charge in [-0.3, -0.25) is 14.5 Å². The van der Waals surface area contributed by atoms with Crippen molar-refractivity contribution in [3.63, 3.8) is 0 Å². The van der Waals surface area contributed by atoms with Gasteiger partial charge in [-0.25, -0.2) is 8.42 Å². The smallest absolute Gasteiger partial charge is 0.271 e. The number of sulfone groups is 1. The molecule has 0 saturated carbocycles. The zero-order valence-electron chi connectivity index (χ0n) is 18.0. The zero-order valence-corrected chi connectivity index (χ0v) is 18.8. The molecule has 0 bridgehead atoms. The summed E-state index contributed by atoms with van der Waals surface area (Å²) in [4.78, 5) is 26.9. The van der Waals surface area contributed by atoms with Crippen LogP contribution < -0.4 is 4.74 Å². The van der Waals surface area contributed by atoms with E-state index < -0.39 is 27.7 Å². The first-order chi connectivity index (χ1) is 15.8. The summed E-state index contributed by atoms with van der Waals surface area (Å²) in [6.07, 6.45) is 1.79. The van der Waals surface area contributed by atoms with Crippen LogP contribution in [0.4, 0.5) is 0 Å². The van der Waals surface area contributed by atoms with Gasteiger partial charge in [0.05, 0.1) is 17.5 Å². The van der Waals surface area contributed by atoms with Gasteiger partial charge < -0.3 is 4.74 Å². The third-order valence-corrected chi connectivity index (χ3v) is 7.54. The molecule has 2 heterocycles. The van der Waals surface area contributed by atoms with Gasteiger partial charge in [0.15, 0.2) is 9.84 Å². The molecule has 1 atom stereocenters. The first kappa shape index (κ1) is 22.5. The molecule has 2 aliphatic rings. The molecule has 168 valence electrons. The number of benzene rings is 2. The van der Waals surface area contributed by atoms with Gasteiger partial charge in [0.2, 0.25) is 0 Å². The van der Waals surface area contributed by atoms with Crippen LogP contribution in [0.2, 0.25) is 0 Å². The number of nitrogens with zero attached hydrogens (tertiary/aromatic N) is 2. The molecule has 4 rings (SSSR count). The molecule has 0 aromatic heterocycles. The first-order valence-electron chi connectivity index (χ1n) is 10.5. The number of hydrogen-bond donors (Lipinski definition) is 0. The van der Waals surface area contributed by atoms with E-state index in [2.05, 4.69) is 0 Å². The van der Waals surface area contributed by atoms with Crippen molar-refractivity contribution in [3.8, 4) is 11.8 Å². The Balaban J connectivity index is 1.59. The maximum absolute atomic E-state index is 13.2. The minimum absolute atomic E-state index is 0.0806. The van der Waals surface area contributed by atoms with Crippen LogP contribution in [-0.2, 0) is 26.0 Å². The van der Waals surface area contributed by atoms with Gasteiger partial charge in [-0.05, 0) is 48.3 Å². The van der Waals surface area contributed by atoms with Crippen molar-refractivity contribution in [2.24, 2.45) is 0 Å². The second-order valence-electron chi connectivity index (χ2n) is 8.05. The van der Waals surface area contributed by atoms with E-state index >= 15 is 0 Å². The highest BCUT2D eigenvalue weighted by atomic mass is 32.2. The van der Waals surface area contributed by atoms with Crippen LogP contribution in [-0.4, -0.2) is 42.7 Å². The number of carbonyl (C=O) groups is 2. The van der Waals surface area contributed by atoms with Gasteiger partial charge in [0.1, 0.15) is 24.0 Å². The molecule has 1 fully saturated rings. The molecule has 0 radical (unpaired) electrons. The van der Waals surface area contributed by atoms with Crippen molar-refractivity contribution < 1.29 is 22.7 Å². The summed E-state index contributed by atoms with van der Waals surface area (Å²) in [6, 6.07) is 18.0. The fourth-order valence-corrected chi connectivity index (χ4v) is 5.68. The van der Waals surface area contributed by atoms with Crippen LogP contribution in [0.25, 0.3) is 6.08 Å². The third-order valence-electron chi connectivity index (χ3n) is 5.79. The van der Waals surface area contributed by atoms with Gasteiger partial charge in [-0.2, -0.15) is 5.26 Å². The van der Waals surface area contributed by atoms with E-state index in [1.54, 1.807) is 37.3 Å². The molecule has 0 N–H and O–H groups in total. The predicted molar refractivity (Wildman–Crippen MR) is 122 cm³/mol. The van der Waals surface area contributed by atoms with E-state index in [9.17, 15) is 23.3 Å². The summed E-state index contributed by atoms with van der Waals surface area (Å²) >= 11 is 0. The van der Waals surface area contributed by atoms with Gasteiger partial charge >= 0.3 is 0 Å². The van der Waals surface area contributed by atoms with Crippen LogP contribution in [0.15, 0.2) is 71.3 Å². The molecule has 2 aromatic carbocycles. The van der Waals surface area contributed by atoms with Crippen LogP contribution >= 0.6 is 0 Å². The summed E-state index contributed by atoms with van der Waals surface area (Å²) in [5.41, 5.74) is 2.07. The number of carbonyl (C=O) groups excluding carboxylic acids is 2. The van der Waals surface area contributed by atoms with E-state index in [0.29, 0.717) is 17.9 Å². The monoisotopic (exact) mass is 462 g/mol. The minimum atomic E-state index is -3.31. The lowest BCUT2D eigenvalue weighted by molar-refractivity contribution is -0.142. The highest BCUT2D eigenvalue weighted by Crippen LogP contribution is 2.31. The lowest BCUT2D eigenvalue weighted by Gasteiger charge is -2.31. The Labute approximate surface area is 192 Å². The number of amides is 2. The number of imide groups is 1. The maximum atomic E-state index is 13.2. The number of nitriles is 1. The molecular weight excluding hydrogens is 440 g/mol. The molecule has 33 heavy (non-hydrogen) atoms. The van der Waals surface area contributed by atoms with Crippen LogP contribution in [0.3, 0.4) is 0 Å². The largest absolute Gasteiger partial charge is 0.489 e. The molecule has 0 unspecified atom stereocenters. The summed E-state index contributed by atoms with van der Waals surface area (Å²) in [7, 11) is -3.31. The Morgan fingerprint density at radius 1 is 1.09 bits per heavy atom. The molecule has 2 amide bonds. The van der Waals surface area contributed by atoms with Crippen LogP contribution in [0, 0.1) is 11.3 Å². The van der Waals surface area contributed by atoms with E-state index in [-0.39, 0.29) is 34.6 Å². The summed E-state index contributed by atoms with van der Waals surface area (Å²) in [5, 5.41) is 9.53. The van der Waals surface area contributed by atoms with Crippen LogP contribution in [0.5, 0.6) is 5.75 Å². The fraction of sp³-hybridized carbons (Fsp3) is 0.240. The van der Waals surface area contributed by atoms with Gasteiger partial charge in [-0.15, -0.1) is 0 Å². The maximum Gasteiger partial charge on any atom is 0.271 e. The van der Waals surface area contributed by atoms with Crippen molar-refractivity contribution in [1.82, 2.24) is 4.90 Å². The SMILES string of the molecule is CC1=C(C#N)C(=O)N([C@@H]2CCS(=O)(=O)C2)C(=O)/C1=C/c1ccc(OCc2ccccc2)cc1. The lowest BCUT2D eigenvalue weighted by Crippen LogP contribution is -2.49. The van der Waals surface area contributed by atoms with Crippen LogP contribution in [0.1, 0.15) is 24.5 Å². The Bertz CT molecular complexity index is 1300. The number of rotatable bonds is 5. The molecular formula is C25H22N2O5S. The average molecular weight is 463 g/mol. The minimum Gasteiger partial charge on any atom is -0.489 e. The first-order valence-corrected chi connectivity index (χ1v) is 12.3. The molecule has 2 aromatic rings. The van der Waals surface area contributed by atoms with Crippen molar-refractivity contribution in [1.29, 1.82) is 5.26 Å². The normalized spacial score (nSPS) is 21.4. The van der Waals surface area contributed by atoms with Crippen molar-refractivity contribution >= 4 is 27.7 Å². The highest BCUT2D eigenvalue weighted by Gasteiger charge is 2.43. The Hall–Kier alpha value is -3.70. The standard InChI is InChI=1S/C25H22N2O5S/c1-17-22(13-18-7-9-21(10-8-18)32-15-19-5-3-2-4-6-19)24(28)27(25(29)23(17)14-26)20-11-12-33(30,31)16-20/h2-10,13,20H,11-12,15-16H2,1H3/b22-13+/t20-/m1/s1. The zero-order chi connectivity index (χ0) is 23.6. The second kappa shape index (κ2) is 9.04. The summed E-state index contributed by atoms with van der Waals surface area (Å²) < 4.78 is 29.6. The van der Waals surface area contributed by atoms with Crippen molar-refractivity contribution in [2.45, 2.75) is 26.0 Å². The molecule has 1 saturated heterocycles. The third kappa shape index (κ3) is 4.73. The van der Waals surface area contributed by atoms with Crippen molar-refractivity contribution in [2.75, 3.05) is 11.5 Å². The van der Waals surface area contributed by atoms with Gasteiger partial charge in [-0.1, -0.05) is 42.5 Å².